The van der Waals surface area contributed by atoms with Gasteiger partial charge in [-0.25, -0.2) is 0 Å². The number of hydrogen-bond donors (Lipinski definition) is 0. The van der Waals surface area contributed by atoms with Crippen LogP contribution >= 0.6 is 0 Å². The van der Waals surface area contributed by atoms with Gasteiger partial charge >= 0.3 is 0 Å². The minimum Gasteiger partial charge on any atom is -0.0654 e. The number of hydrogen-bond acceptors (Lipinski definition) is 0. The Hall–Kier alpha value is -1.99. The molecule has 0 saturated heterocycles. The first kappa shape index (κ1) is 26.6. The van der Waals surface area contributed by atoms with E-state index in [1.165, 1.54) is 108 Å². The van der Waals surface area contributed by atoms with Crippen LogP contribution < -0.4 is 0 Å². The molecule has 0 aliphatic heterocycles. The van der Waals surface area contributed by atoms with E-state index in [-0.39, 0.29) is 10.9 Å². The summed E-state index contributed by atoms with van der Waals surface area (Å²) >= 11 is 0. The number of aryl methyl sites for hydroxylation is 3. The second-order valence-electron chi connectivity index (χ2n) is 9.61. The molecule has 0 bridgehead atoms. The maximum atomic E-state index is 2.38. The van der Waals surface area contributed by atoms with Crippen molar-refractivity contribution in [2.45, 2.75) is 113 Å². The van der Waals surface area contributed by atoms with E-state index >= 15 is 0 Å². The monoisotopic (exact) mass is 473 g/mol. The number of rotatable bonds is 15. The second-order valence-corrected chi connectivity index (χ2v) is 11.6. The minimum absolute atomic E-state index is 0.0614. The molecule has 0 aliphatic carbocycles. The number of unbranched alkanes of at least 4 members (excludes halogenated alkanes) is 6. The third-order valence-electron chi connectivity index (χ3n) is 6.68. The summed E-state index contributed by atoms with van der Waals surface area (Å²) in [6, 6.07) is 28.5. The Bertz CT molecular complexity index is 795. The van der Waals surface area contributed by atoms with Crippen LogP contribution in [0.25, 0.3) is 0 Å². The molecule has 0 aliphatic rings. The van der Waals surface area contributed by atoms with Gasteiger partial charge in [0.15, 0.2) is 14.7 Å². The summed E-state index contributed by atoms with van der Waals surface area (Å²) in [7, 11) is -0.0614. The zero-order chi connectivity index (χ0) is 24.0. The fraction of sp³-hybridized carbons (Fsp3) is 0.455. The van der Waals surface area contributed by atoms with Gasteiger partial charge in [-0.2, -0.15) is 0 Å². The standard InChI is InChI=1S/C33H45S/c1-4-7-10-13-28-16-22-31(23-17-28)34(32-24-18-29(19-25-32)14-11-8-5-2)33-26-20-30(21-27-33)15-12-9-6-3/h16-27H,4-15H2,1-3H3/q+1. The molecule has 0 heterocycles. The molecule has 3 aromatic carbocycles. The van der Waals surface area contributed by atoms with Crippen molar-refractivity contribution in [1.82, 2.24) is 0 Å². The first-order valence-electron chi connectivity index (χ1n) is 13.8. The molecule has 3 aromatic rings. The van der Waals surface area contributed by atoms with Gasteiger partial charge in [0.2, 0.25) is 0 Å². The van der Waals surface area contributed by atoms with Gasteiger partial charge in [-0.05, 0) is 91.6 Å². The Kier molecular flexibility index (Phi) is 11.8. The van der Waals surface area contributed by atoms with E-state index in [1.807, 2.05) is 0 Å². The van der Waals surface area contributed by atoms with Gasteiger partial charge in [0, 0.05) is 0 Å². The summed E-state index contributed by atoms with van der Waals surface area (Å²) in [6.45, 7) is 6.83. The molecule has 0 nitrogen and oxygen atoms in total. The van der Waals surface area contributed by atoms with Crippen LogP contribution in [0.4, 0.5) is 0 Å². The lowest BCUT2D eigenvalue weighted by molar-refractivity contribution is 0.717. The van der Waals surface area contributed by atoms with Crippen LogP contribution in [0, 0.1) is 0 Å². The molecule has 3 rings (SSSR count). The molecule has 0 fully saturated rings. The molecule has 0 N–H and O–H groups in total. The van der Waals surface area contributed by atoms with Gasteiger partial charge in [-0.3, -0.25) is 0 Å². The molecule has 0 spiro atoms. The Morgan fingerprint density at radius 3 is 0.882 bits per heavy atom. The Morgan fingerprint density at radius 1 is 0.382 bits per heavy atom. The highest BCUT2D eigenvalue weighted by atomic mass is 32.2. The fourth-order valence-electron chi connectivity index (χ4n) is 4.52. The Morgan fingerprint density at radius 2 is 0.647 bits per heavy atom. The normalized spacial score (nSPS) is 11.3. The molecule has 0 unspecified atom stereocenters. The van der Waals surface area contributed by atoms with E-state index in [2.05, 4.69) is 93.6 Å². The predicted molar refractivity (Wildman–Crippen MR) is 151 cm³/mol. The van der Waals surface area contributed by atoms with Crippen LogP contribution in [-0.2, 0) is 30.2 Å². The van der Waals surface area contributed by atoms with E-state index < -0.39 is 0 Å². The van der Waals surface area contributed by atoms with Crippen molar-refractivity contribution in [1.29, 1.82) is 0 Å². The van der Waals surface area contributed by atoms with Gasteiger partial charge in [0.1, 0.15) is 0 Å². The molecule has 0 amide bonds. The van der Waals surface area contributed by atoms with E-state index in [1.54, 1.807) is 0 Å². The highest BCUT2D eigenvalue weighted by molar-refractivity contribution is 7.97. The van der Waals surface area contributed by atoms with Crippen LogP contribution in [0.3, 0.4) is 0 Å². The van der Waals surface area contributed by atoms with Crippen molar-refractivity contribution < 1.29 is 0 Å². The van der Waals surface area contributed by atoms with Gasteiger partial charge in [0.05, 0.1) is 10.9 Å². The van der Waals surface area contributed by atoms with Gasteiger partial charge in [-0.1, -0.05) is 95.7 Å². The highest BCUT2D eigenvalue weighted by Gasteiger charge is 2.28. The lowest BCUT2D eigenvalue weighted by atomic mass is 10.1. The van der Waals surface area contributed by atoms with Crippen molar-refractivity contribution in [3.8, 4) is 0 Å². The Balaban J connectivity index is 1.83. The summed E-state index contributed by atoms with van der Waals surface area (Å²) in [5.74, 6) is 0. The summed E-state index contributed by atoms with van der Waals surface area (Å²) in [5, 5.41) is 0. The molecule has 0 atom stereocenters. The molecule has 0 aromatic heterocycles. The third kappa shape index (κ3) is 8.35. The molecule has 0 radical (unpaired) electrons. The smallest absolute Gasteiger partial charge is 0.0654 e. The number of benzene rings is 3. The highest BCUT2D eigenvalue weighted by Crippen LogP contribution is 2.32. The van der Waals surface area contributed by atoms with Crippen molar-refractivity contribution >= 4 is 10.9 Å². The van der Waals surface area contributed by atoms with Crippen LogP contribution in [0.5, 0.6) is 0 Å². The maximum Gasteiger partial charge on any atom is 0.166 e. The van der Waals surface area contributed by atoms with Crippen molar-refractivity contribution in [3.63, 3.8) is 0 Å². The molecule has 182 valence electrons. The third-order valence-corrected chi connectivity index (χ3v) is 8.91. The Labute approximate surface area is 212 Å². The quantitative estimate of drug-likeness (QED) is 0.152. The first-order valence-corrected chi connectivity index (χ1v) is 15.0. The molecule has 0 saturated carbocycles. The summed E-state index contributed by atoms with van der Waals surface area (Å²) in [6.07, 6.45) is 15.3. The molecular weight excluding hydrogens is 428 g/mol. The van der Waals surface area contributed by atoms with Crippen LogP contribution in [-0.4, -0.2) is 0 Å². The predicted octanol–water partition coefficient (Wildman–Crippen LogP) is 9.98. The SMILES string of the molecule is CCCCCc1ccc([S+](c2ccc(CCCCC)cc2)c2ccc(CCCCC)cc2)cc1. The second kappa shape index (κ2) is 15.1. The van der Waals surface area contributed by atoms with Crippen molar-refractivity contribution in [2.75, 3.05) is 0 Å². The van der Waals surface area contributed by atoms with Crippen molar-refractivity contribution in [2.24, 2.45) is 0 Å². The summed E-state index contributed by atoms with van der Waals surface area (Å²) in [5.41, 5.74) is 4.41. The molecular formula is C33H45S+. The van der Waals surface area contributed by atoms with E-state index in [4.69, 9.17) is 0 Å². The zero-order valence-corrected chi connectivity index (χ0v) is 22.6. The average molecular weight is 474 g/mol. The molecule has 1 heteroatoms. The van der Waals surface area contributed by atoms with Gasteiger partial charge < -0.3 is 0 Å². The molecule has 34 heavy (non-hydrogen) atoms. The first-order chi connectivity index (χ1) is 16.7. The van der Waals surface area contributed by atoms with E-state index in [9.17, 15) is 0 Å². The van der Waals surface area contributed by atoms with Crippen LogP contribution in [0.2, 0.25) is 0 Å². The fourth-order valence-corrected chi connectivity index (χ4v) is 6.56. The topological polar surface area (TPSA) is 0 Å². The van der Waals surface area contributed by atoms with Crippen molar-refractivity contribution in [3.05, 3.63) is 89.5 Å². The summed E-state index contributed by atoms with van der Waals surface area (Å²) in [4.78, 5) is 4.28. The van der Waals surface area contributed by atoms with E-state index in [0.717, 1.165) is 0 Å². The largest absolute Gasteiger partial charge is 0.166 e. The van der Waals surface area contributed by atoms with E-state index in [0.29, 0.717) is 0 Å². The van der Waals surface area contributed by atoms with Crippen LogP contribution in [0.1, 0.15) is 95.2 Å². The lowest BCUT2D eigenvalue weighted by Crippen LogP contribution is -2.05. The van der Waals surface area contributed by atoms with Gasteiger partial charge in [-0.15, -0.1) is 0 Å². The maximum absolute atomic E-state index is 2.38. The van der Waals surface area contributed by atoms with Gasteiger partial charge in [0.25, 0.3) is 0 Å². The lowest BCUT2D eigenvalue weighted by Gasteiger charge is -2.11. The minimum atomic E-state index is -0.0614. The summed E-state index contributed by atoms with van der Waals surface area (Å²) < 4.78 is 0. The van der Waals surface area contributed by atoms with Crippen LogP contribution in [0.15, 0.2) is 87.5 Å². The average Bonchev–Trinajstić information content (AvgIpc) is 2.87. The zero-order valence-electron chi connectivity index (χ0n) is 21.8.